The number of allylic oxidation sites excluding steroid dienone is 4. The Bertz CT molecular complexity index is 1880. The molecule has 2 unspecified atom stereocenters. The fourth-order valence-corrected chi connectivity index (χ4v) is 12.4. The van der Waals surface area contributed by atoms with Crippen LogP contribution in [-0.4, -0.2) is 96.7 Å². The number of unbranched alkanes of at least 4 members (excludes halogenated alkanes) is 41. The number of carbonyl (C=O) groups excluding carboxylic acids is 4. The summed E-state index contributed by atoms with van der Waals surface area (Å²) in [4.78, 5) is 72.6. The van der Waals surface area contributed by atoms with E-state index in [1.165, 1.54) is 161 Å². The van der Waals surface area contributed by atoms with Gasteiger partial charge in [-0.2, -0.15) is 0 Å². The van der Waals surface area contributed by atoms with E-state index in [4.69, 9.17) is 37.0 Å². The lowest BCUT2D eigenvalue weighted by molar-refractivity contribution is -0.161. The molecule has 0 amide bonds. The topological polar surface area (TPSA) is 237 Å². The Hall–Kier alpha value is -2.46. The highest BCUT2D eigenvalue weighted by Gasteiger charge is 2.30. The summed E-state index contributed by atoms with van der Waals surface area (Å²) in [5, 5.41) is 10.6. The molecule has 0 fully saturated rings. The van der Waals surface area contributed by atoms with Gasteiger partial charge in [0.1, 0.15) is 19.3 Å². The SMILES string of the molecule is CCCCCC/C=C\C=C/CCCCCCCC(=O)OC[C@H](COP(=O)(O)OC[C@@H](O)COP(=O)(O)OC[C@@H](COC(=O)CCCCCCCCC(C)C)OC(=O)CCCCCCCCCCCC)OC(=O)CCCCCCCCCCCCCCCCCCCCC. The molecule has 0 radical (unpaired) electrons. The third-order valence-corrected chi connectivity index (χ3v) is 18.6. The van der Waals surface area contributed by atoms with E-state index in [1.807, 2.05) is 0 Å². The second kappa shape index (κ2) is 66.8. The Morgan fingerprint density at radius 1 is 0.333 bits per heavy atom. The maximum Gasteiger partial charge on any atom is 0.472 e. The van der Waals surface area contributed by atoms with E-state index in [0.717, 1.165) is 116 Å². The zero-order chi connectivity index (χ0) is 68.4. The van der Waals surface area contributed by atoms with Gasteiger partial charge in [0.05, 0.1) is 26.4 Å². The van der Waals surface area contributed by atoms with Crippen LogP contribution in [-0.2, 0) is 65.4 Å². The van der Waals surface area contributed by atoms with E-state index in [2.05, 4.69) is 58.9 Å². The standard InChI is InChI=1S/C74H140O17P2/c1-6-9-12-15-18-21-24-26-28-29-30-31-33-35-37-40-43-50-55-60-74(79)90-69(63-84-71(76)57-52-47-41-39-36-34-32-27-25-22-19-16-13-10-7-2)65-88-92(80,81)86-61-68(75)62-87-93(82,83)89-66-70(64-85-72(77)58-53-48-45-44-46-51-56-67(4)5)91-73(78)59-54-49-42-38-23-20-17-14-11-8-3/h22,25,27,32,67-70,75H,6-21,23-24,26,28-31,33-66H2,1-5H3,(H,80,81)(H,82,83)/b25-22-,32-27-/t68-,69-,70-/m1/s1. The molecule has 0 saturated carbocycles. The van der Waals surface area contributed by atoms with Crippen molar-refractivity contribution in [3.05, 3.63) is 24.3 Å². The van der Waals surface area contributed by atoms with E-state index < -0.39 is 97.5 Å². The molecule has 5 atom stereocenters. The van der Waals surface area contributed by atoms with Gasteiger partial charge in [-0.15, -0.1) is 0 Å². The van der Waals surface area contributed by atoms with Crippen LogP contribution in [0.1, 0.15) is 362 Å². The molecule has 0 aliphatic rings. The van der Waals surface area contributed by atoms with Crippen molar-refractivity contribution in [1.82, 2.24) is 0 Å². The second-order valence-corrected chi connectivity index (χ2v) is 29.4. The van der Waals surface area contributed by atoms with Crippen LogP contribution >= 0.6 is 15.6 Å². The van der Waals surface area contributed by atoms with Gasteiger partial charge in [0.15, 0.2) is 12.2 Å². The van der Waals surface area contributed by atoms with Gasteiger partial charge in [-0.25, -0.2) is 9.13 Å². The number of aliphatic hydroxyl groups is 1. The predicted octanol–water partition coefficient (Wildman–Crippen LogP) is 21.2. The molecule has 93 heavy (non-hydrogen) atoms. The second-order valence-electron chi connectivity index (χ2n) is 26.5. The number of hydrogen-bond donors (Lipinski definition) is 3. The Labute approximate surface area is 567 Å². The summed E-state index contributed by atoms with van der Waals surface area (Å²) in [5.41, 5.74) is 0. The predicted molar refractivity (Wildman–Crippen MR) is 377 cm³/mol. The zero-order valence-corrected chi connectivity index (χ0v) is 61.7. The Morgan fingerprint density at radius 3 is 0.882 bits per heavy atom. The third-order valence-electron chi connectivity index (χ3n) is 16.7. The van der Waals surface area contributed by atoms with Gasteiger partial charge in [0.2, 0.25) is 0 Å². The van der Waals surface area contributed by atoms with E-state index in [-0.39, 0.29) is 25.7 Å². The summed E-state index contributed by atoms with van der Waals surface area (Å²) in [6, 6.07) is 0. The summed E-state index contributed by atoms with van der Waals surface area (Å²) in [6.07, 6.45) is 57.9. The minimum Gasteiger partial charge on any atom is -0.462 e. The lowest BCUT2D eigenvalue weighted by atomic mass is 10.0. The Morgan fingerprint density at radius 2 is 0.581 bits per heavy atom. The number of carbonyl (C=O) groups is 4. The van der Waals surface area contributed by atoms with Gasteiger partial charge in [0.25, 0.3) is 0 Å². The van der Waals surface area contributed by atoms with Crippen LogP contribution in [0.25, 0.3) is 0 Å². The highest BCUT2D eigenvalue weighted by atomic mass is 31.2. The van der Waals surface area contributed by atoms with Crippen molar-refractivity contribution in [1.29, 1.82) is 0 Å². The lowest BCUT2D eigenvalue weighted by Gasteiger charge is -2.21. The van der Waals surface area contributed by atoms with E-state index in [1.54, 1.807) is 0 Å². The van der Waals surface area contributed by atoms with Crippen molar-refractivity contribution in [2.24, 2.45) is 5.92 Å². The number of ether oxygens (including phenoxy) is 4. The molecule has 0 spiro atoms. The lowest BCUT2D eigenvalue weighted by Crippen LogP contribution is -2.30. The van der Waals surface area contributed by atoms with Gasteiger partial charge < -0.3 is 33.8 Å². The molecule has 0 saturated heterocycles. The fourth-order valence-electron chi connectivity index (χ4n) is 10.8. The van der Waals surface area contributed by atoms with Crippen LogP contribution in [0.5, 0.6) is 0 Å². The molecule has 0 aromatic rings. The van der Waals surface area contributed by atoms with E-state index in [9.17, 15) is 43.2 Å². The monoisotopic (exact) mass is 1360 g/mol. The van der Waals surface area contributed by atoms with Crippen LogP contribution in [0, 0.1) is 5.92 Å². The number of hydrogen-bond acceptors (Lipinski definition) is 15. The highest BCUT2D eigenvalue weighted by molar-refractivity contribution is 7.47. The van der Waals surface area contributed by atoms with Gasteiger partial charge >= 0.3 is 39.5 Å². The maximum atomic E-state index is 13.1. The molecule has 0 heterocycles. The zero-order valence-electron chi connectivity index (χ0n) is 59.9. The van der Waals surface area contributed by atoms with Crippen molar-refractivity contribution >= 4 is 39.5 Å². The number of phosphoric ester groups is 2. The number of phosphoric acid groups is 2. The van der Waals surface area contributed by atoms with Gasteiger partial charge in [-0.3, -0.25) is 37.3 Å². The molecule has 0 aliphatic heterocycles. The summed E-state index contributed by atoms with van der Waals surface area (Å²) >= 11 is 0. The summed E-state index contributed by atoms with van der Waals surface area (Å²) in [7, 11) is -9.91. The number of aliphatic hydroxyl groups excluding tert-OH is 1. The minimum absolute atomic E-state index is 0.102. The minimum atomic E-state index is -4.96. The van der Waals surface area contributed by atoms with E-state index >= 15 is 0 Å². The normalized spacial score (nSPS) is 14.2. The average molecular weight is 1360 g/mol. The van der Waals surface area contributed by atoms with Gasteiger partial charge in [0, 0.05) is 25.7 Å². The molecular formula is C74H140O17P2. The molecule has 19 heteroatoms. The average Bonchev–Trinajstić information content (AvgIpc) is 3.26. The molecule has 0 rings (SSSR count). The van der Waals surface area contributed by atoms with Crippen molar-refractivity contribution in [3.63, 3.8) is 0 Å². The maximum absolute atomic E-state index is 13.1. The molecule has 0 bridgehead atoms. The summed E-state index contributed by atoms with van der Waals surface area (Å²) in [5.74, 6) is -1.47. The fraction of sp³-hybridized carbons (Fsp3) is 0.892. The summed E-state index contributed by atoms with van der Waals surface area (Å²) in [6.45, 7) is 7.11. The molecule has 0 aliphatic carbocycles. The van der Waals surface area contributed by atoms with Crippen molar-refractivity contribution in [3.8, 4) is 0 Å². The molecular weight excluding hydrogens is 1220 g/mol. The van der Waals surface area contributed by atoms with Crippen LogP contribution in [0.4, 0.5) is 0 Å². The number of esters is 4. The Kier molecular flexibility index (Phi) is 65.0. The van der Waals surface area contributed by atoms with Gasteiger partial charge in [-0.05, 0) is 57.3 Å². The van der Waals surface area contributed by atoms with Crippen LogP contribution < -0.4 is 0 Å². The largest absolute Gasteiger partial charge is 0.472 e. The van der Waals surface area contributed by atoms with Crippen LogP contribution in [0.2, 0.25) is 0 Å². The molecule has 3 N–H and O–H groups in total. The van der Waals surface area contributed by atoms with Crippen molar-refractivity contribution in [2.75, 3.05) is 39.6 Å². The Balaban J connectivity index is 5.24. The van der Waals surface area contributed by atoms with Crippen molar-refractivity contribution in [2.45, 2.75) is 380 Å². The first-order chi connectivity index (χ1) is 45.0. The first-order valence-corrected chi connectivity index (χ1v) is 40.9. The number of rotatable bonds is 72. The van der Waals surface area contributed by atoms with Gasteiger partial charge in [-0.1, -0.05) is 309 Å². The van der Waals surface area contributed by atoms with Crippen LogP contribution in [0.3, 0.4) is 0 Å². The molecule has 548 valence electrons. The molecule has 17 nitrogen and oxygen atoms in total. The first kappa shape index (κ1) is 90.5. The van der Waals surface area contributed by atoms with Crippen LogP contribution in [0.15, 0.2) is 24.3 Å². The van der Waals surface area contributed by atoms with E-state index in [0.29, 0.717) is 31.6 Å². The third kappa shape index (κ3) is 67.9. The summed E-state index contributed by atoms with van der Waals surface area (Å²) < 4.78 is 68.3. The highest BCUT2D eigenvalue weighted by Crippen LogP contribution is 2.45. The smallest absolute Gasteiger partial charge is 0.462 e. The molecule has 0 aromatic carbocycles. The van der Waals surface area contributed by atoms with Crippen molar-refractivity contribution < 1.29 is 80.2 Å². The molecule has 0 aromatic heterocycles. The quantitative estimate of drug-likeness (QED) is 0.0169. The first-order valence-electron chi connectivity index (χ1n) is 38.0.